The molecule has 0 aliphatic rings. The van der Waals surface area contributed by atoms with Crippen LogP contribution in [-0.4, -0.2) is 49.8 Å². The van der Waals surface area contributed by atoms with Crippen molar-refractivity contribution in [1.82, 2.24) is 0 Å². The van der Waals surface area contributed by atoms with Gasteiger partial charge in [-0.1, -0.05) is 0 Å². The van der Waals surface area contributed by atoms with E-state index in [1.54, 1.807) is 0 Å². The van der Waals surface area contributed by atoms with Gasteiger partial charge < -0.3 is 9.47 Å². The number of hydrogen-bond donors (Lipinski definition) is 0. The molecule has 0 aromatic heterocycles. The first-order valence-electron chi connectivity index (χ1n) is 9.87. The van der Waals surface area contributed by atoms with Gasteiger partial charge in [-0.05, 0) is 6.92 Å². The number of carbonyl (C=O) groups is 1. The molecule has 0 radical (unpaired) electrons. The standard InChI is InChI=1S/C21H10F16O3/c1-5-8(22)10(24)6(11(25)9(5)23)16(38)7-12(26)14(28)17(15(29)13(7)27)40-4-19(32,33)21(36,37)20(34,35)18(30,31)3-39-2/h3-4H2,1-2H3. The number of rotatable bonds is 10. The zero-order valence-electron chi connectivity index (χ0n) is 19.2. The van der Waals surface area contributed by atoms with Gasteiger partial charge in [0.1, 0.15) is 17.7 Å². The molecule has 0 N–H and O–H groups in total. The number of ketones is 1. The maximum Gasteiger partial charge on any atom is 0.381 e. The van der Waals surface area contributed by atoms with Crippen molar-refractivity contribution in [1.29, 1.82) is 0 Å². The Morgan fingerprint density at radius 1 is 0.575 bits per heavy atom. The van der Waals surface area contributed by atoms with E-state index in [2.05, 4.69) is 9.47 Å². The molecule has 40 heavy (non-hydrogen) atoms. The summed E-state index contributed by atoms with van der Waals surface area (Å²) in [7, 11) is 0.307. The minimum absolute atomic E-state index is 0.307. The van der Waals surface area contributed by atoms with Gasteiger partial charge in [0.2, 0.25) is 17.4 Å². The van der Waals surface area contributed by atoms with Gasteiger partial charge in [0.25, 0.3) is 0 Å². The van der Waals surface area contributed by atoms with Crippen molar-refractivity contribution in [2.24, 2.45) is 0 Å². The number of benzene rings is 2. The second-order valence-electron chi connectivity index (χ2n) is 7.82. The molecule has 0 aliphatic heterocycles. The first kappa shape index (κ1) is 33.0. The highest BCUT2D eigenvalue weighted by molar-refractivity contribution is 6.10. The van der Waals surface area contributed by atoms with Gasteiger partial charge in [-0.25, -0.2) is 26.3 Å². The number of hydrogen-bond acceptors (Lipinski definition) is 3. The molecule has 0 spiro atoms. The molecule has 224 valence electrons. The third-order valence-corrected chi connectivity index (χ3v) is 5.20. The molecule has 0 aliphatic carbocycles. The van der Waals surface area contributed by atoms with Crippen LogP contribution in [0.2, 0.25) is 0 Å². The van der Waals surface area contributed by atoms with Gasteiger partial charge in [0.15, 0.2) is 47.3 Å². The maximum atomic E-state index is 14.4. The summed E-state index contributed by atoms with van der Waals surface area (Å²) in [6.45, 7) is -5.42. The predicted octanol–water partition coefficient (Wildman–Crippen LogP) is 6.91. The van der Waals surface area contributed by atoms with E-state index in [0.29, 0.717) is 14.0 Å². The number of methoxy groups -OCH3 is 1. The molecule has 2 rings (SSSR count). The number of alkyl halides is 8. The van der Waals surface area contributed by atoms with E-state index in [1.807, 2.05) is 0 Å². The minimum atomic E-state index is -7.07. The Bertz CT molecular complexity index is 1280. The summed E-state index contributed by atoms with van der Waals surface area (Å²) in [4.78, 5) is 12.2. The molecule has 0 saturated carbocycles. The smallest absolute Gasteiger partial charge is 0.381 e. The van der Waals surface area contributed by atoms with Crippen molar-refractivity contribution >= 4 is 5.78 Å². The fourth-order valence-corrected chi connectivity index (χ4v) is 2.99. The van der Waals surface area contributed by atoms with E-state index in [0.717, 1.165) is 0 Å². The molecule has 19 heteroatoms. The summed E-state index contributed by atoms with van der Waals surface area (Å²) in [5, 5.41) is 0. The molecule has 2 aromatic rings. The molecule has 2 aromatic carbocycles. The molecule has 0 heterocycles. The number of ether oxygens (including phenoxy) is 2. The Morgan fingerprint density at radius 3 is 1.25 bits per heavy atom. The third-order valence-electron chi connectivity index (χ3n) is 5.20. The van der Waals surface area contributed by atoms with Crippen LogP contribution in [0.4, 0.5) is 70.2 Å². The lowest BCUT2D eigenvalue weighted by molar-refractivity contribution is -0.373. The Balaban J connectivity index is 2.57. The van der Waals surface area contributed by atoms with Crippen molar-refractivity contribution in [3.05, 3.63) is 63.2 Å². The van der Waals surface area contributed by atoms with E-state index >= 15 is 0 Å². The molecule has 0 fully saturated rings. The summed E-state index contributed by atoms with van der Waals surface area (Å²) in [6.07, 6.45) is 0. The Hall–Kier alpha value is -3.25. The van der Waals surface area contributed by atoms with Gasteiger partial charge in [0.05, 0.1) is 0 Å². The maximum absolute atomic E-state index is 14.4. The normalized spacial score (nSPS) is 13.2. The van der Waals surface area contributed by atoms with Crippen molar-refractivity contribution in [2.45, 2.75) is 30.6 Å². The molecular formula is C21H10F16O3. The van der Waals surface area contributed by atoms with Crippen LogP contribution in [-0.2, 0) is 4.74 Å². The van der Waals surface area contributed by atoms with E-state index in [1.165, 1.54) is 0 Å². The van der Waals surface area contributed by atoms with Gasteiger partial charge in [-0.3, -0.25) is 4.79 Å². The molecular weight excluding hydrogens is 604 g/mol. The first-order valence-corrected chi connectivity index (χ1v) is 9.87. The Morgan fingerprint density at radius 2 is 0.900 bits per heavy atom. The minimum Gasteiger partial charge on any atom is -0.481 e. The molecule has 0 saturated heterocycles. The van der Waals surface area contributed by atoms with E-state index in [9.17, 15) is 75.0 Å². The van der Waals surface area contributed by atoms with E-state index in [-0.39, 0.29) is 0 Å². The highest BCUT2D eigenvalue weighted by atomic mass is 19.4. The summed E-state index contributed by atoms with van der Waals surface area (Å²) < 4.78 is 229. The van der Waals surface area contributed by atoms with Crippen molar-refractivity contribution in [3.8, 4) is 5.75 Å². The zero-order chi connectivity index (χ0) is 31.3. The zero-order valence-corrected chi connectivity index (χ0v) is 19.2. The van der Waals surface area contributed by atoms with Crippen LogP contribution in [0, 0.1) is 53.5 Å². The SMILES string of the molecule is COCC(F)(F)C(F)(F)C(F)(F)C(F)(F)COc1c(F)c(F)c(C(=O)c2c(F)c(F)c(C)c(F)c2F)c(F)c1F. The fourth-order valence-electron chi connectivity index (χ4n) is 2.99. The molecule has 0 atom stereocenters. The summed E-state index contributed by atoms with van der Waals surface area (Å²) >= 11 is 0. The van der Waals surface area contributed by atoms with Crippen LogP contribution in [0.15, 0.2) is 0 Å². The summed E-state index contributed by atoms with van der Waals surface area (Å²) in [5.74, 6) is -53.9. The van der Waals surface area contributed by atoms with Gasteiger partial charge >= 0.3 is 23.7 Å². The van der Waals surface area contributed by atoms with Gasteiger partial charge in [-0.15, -0.1) is 0 Å². The average molecular weight is 614 g/mol. The molecule has 0 amide bonds. The topological polar surface area (TPSA) is 35.5 Å². The van der Waals surface area contributed by atoms with Crippen molar-refractivity contribution in [2.75, 3.05) is 20.3 Å². The predicted molar refractivity (Wildman–Crippen MR) is 97.9 cm³/mol. The van der Waals surface area contributed by atoms with Crippen LogP contribution >= 0.6 is 0 Å². The largest absolute Gasteiger partial charge is 0.481 e. The van der Waals surface area contributed by atoms with Crippen molar-refractivity contribution < 1.29 is 84.5 Å². The van der Waals surface area contributed by atoms with E-state index < -0.39 is 112 Å². The first-order chi connectivity index (χ1) is 18.0. The van der Waals surface area contributed by atoms with Crippen LogP contribution in [0.25, 0.3) is 0 Å². The van der Waals surface area contributed by atoms with Crippen LogP contribution < -0.4 is 4.74 Å². The molecule has 3 nitrogen and oxygen atoms in total. The van der Waals surface area contributed by atoms with E-state index in [4.69, 9.17) is 0 Å². The van der Waals surface area contributed by atoms with Gasteiger partial charge in [-0.2, -0.15) is 43.9 Å². The van der Waals surface area contributed by atoms with Crippen molar-refractivity contribution in [3.63, 3.8) is 0 Å². The van der Waals surface area contributed by atoms with Crippen LogP contribution in [0.1, 0.15) is 21.5 Å². The summed E-state index contributed by atoms with van der Waals surface area (Å²) in [5.41, 5.74) is -6.43. The average Bonchev–Trinajstić information content (AvgIpc) is 2.84. The van der Waals surface area contributed by atoms with Crippen LogP contribution in [0.3, 0.4) is 0 Å². The quantitative estimate of drug-likeness (QED) is 0.166. The summed E-state index contributed by atoms with van der Waals surface area (Å²) in [6, 6.07) is 0. The van der Waals surface area contributed by atoms with Gasteiger partial charge in [0, 0.05) is 12.7 Å². The monoisotopic (exact) mass is 614 g/mol. The highest BCUT2D eigenvalue weighted by Gasteiger charge is 2.80. The number of halogens is 16. The van der Waals surface area contributed by atoms with Crippen LogP contribution in [0.5, 0.6) is 5.75 Å². The third kappa shape index (κ3) is 4.91. The second kappa shape index (κ2) is 10.6. The lowest BCUT2D eigenvalue weighted by Crippen LogP contribution is -2.64. The Labute approximate surface area is 211 Å². The fraction of sp³-hybridized carbons (Fsp3) is 0.381. The molecule has 0 unspecified atom stereocenters. The molecule has 0 bridgehead atoms. The number of carbonyl (C=O) groups excluding carboxylic acids is 1. The Kier molecular flexibility index (Phi) is 8.75. The lowest BCUT2D eigenvalue weighted by atomic mass is 9.98. The second-order valence-corrected chi connectivity index (χ2v) is 7.82. The lowest BCUT2D eigenvalue weighted by Gasteiger charge is -2.36. The highest BCUT2D eigenvalue weighted by Crippen LogP contribution is 2.52.